The van der Waals surface area contributed by atoms with Crippen LogP contribution in [-0.2, 0) is 12.8 Å². The highest BCUT2D eigenvalue weighted by Crippen LogP contribution is 2.30. The van der Waals surface area contributed by atoms with E-state index in [2.05, 4.69) is 10.6 Å². The summed E-state index contributed by atoms with van der Waals surface area (Å²) < 4.78 is 39.1. The number of anilines is 1. The van der Waals surface area contributed by atoms with Gasteiger partial charge in [0.25, 0.3) is 5.91 Å². The Morgan fingerprint density at radius 3 is 2.47 bits per heavy atom. The molecule has 0 spiro atoms. The quantitative estimate of drug-likeness (QED) is 0.332. The van der Waals surface area contributed by atoms with Gasteiger partial charge in [-0.1, -0.05) is 60.7 Å². The number of nitrogens with zero attached hydrogens (tertiary/aromatic N) is 1. The number of amides is 1. The van der Waals surface area contributed by atoms with Crippen molar-refractivity contribution in [2.75, 3.05) is 5.32 Å². The number of alkyl halides is 3. The van der Waals surface area contributed by atoms with Gasteiger partial charge < -0.3 is 15.7 Å². The molecule has 5 nitrogen and oxygen atoms in total. The van der Waals surface area contributed by atoms with Gasteiger partial charge in [-0.3, -0.25) is 4.79 Å². The maximum atomic E-state index is 13.0. The molecular formula is C30H26F3N3O2. The molecule has 0 unspecified atom stereocenters. The number of carbonyl (C=O) groups is 1. The molecule has 1 amide bonds. The number of rotatable bonds is 7. The lowest BCUT2D eigenvalue weighted by Gasteiger charge is -2.18. The monoisotopic (exact) mass is 517 g/mol. The van der Waals surface area contributed by atoms with E-state index in [9.17, 15) is 23.1 Å². The number of aliphatic imine (C=N–C) groups is 1. The Morgan fingerprint density at radius 1 is 0.974 bits per heavy atom. The van der Waals surface area contributed by atoms with Gasteiger partial charge >= 0.3 is 6.18 Å². The van der Waals surface area contributed by atoms with Crippen LogP contribution in [0.15, 0.2) is 114 Å². The summed E-state index contributed by atoms with van der Waals surface area (Å²) in [5.41, 5.74) is 2.80. The molecule has 1 aliphatic rings. The fraction of sp³-hybridized carbons (Fsp3) is 0.133. The van der Waals surface area contributed by atoms with Crippen molar-refractivity contribution in [2.24, 2.45) is 4.99 Å². The zero-order chi connectivity index (χ0) is 27.1. The Bertz CT molecular complexity index is 1420. The molecule has 3 N–H and O–H groups in total. The Labute approximate surface area is 218 Å². The van der Waals surface area contributed by atoms with Crippen LogP contribution in [-0.4, -0.2) is 16.7 Å². The normalized spacial score (nSPS) is 18.6. The number of carbonyl (C=O) groups excluding carboxylic acids is 1. The van der Waals surface area contributed by atoms with Crippen LogP contribution in [0.5, 0.6) is 0 Å². The van der Waals surface area contributed by atoms with Crippen LogP contribution in [0.1, 0.15) is 45.6 Å². The van der Waals surface area contributed by atoms with Gasteiger partial charge in [0.05, 0.1) is 23.9 Å². The highest BCUT2D eigenvalue weighted by molar-refractivity contribution is 6.09. The zero-order valence-corrected chi connectivity index (χ0v) is 20.5. The van der Waals surface area contributed by atoms with E-state index in [1.807, 2.05) is 67.6 Å². The molecule has 0 radical (unpaired) electrons. The number of benzene rings is 3. The summed E-state index contributed by atoms with van der Waals surface area (Å²) >= 11 is 0. The molecule has 1 atom stereocenters. The SMILES string of the molecule is C[C@H](NC1=C/C=C/C=C/C(c2ccc(CO)cc2)=N\1)c1cccc(NC(=O)c2cccc(C(F)(F)F)c2)c1. The Balaban J connectivity index is 1.49. The topological polar surface area (TPSA) is 73.7 Å². The lowest BCUT2D eigenvalue weighted by atomic mass is 10.1. The molecule has 8 heteroatoms. The molecule has 0 aromatic heterocycles. The molecule has 0 aliphatic carbocycles. The minimum atomic E-state index is -4.53. The van der Waals surface area contributed by atoms with E-state index in [0.29, 0.717) is 11.5 Å². The smallest absolute Gasteiger partial charge is 0.392 e. The average Bonchev–Trinajstić information content (AvgIpc) is 2.90. The van der Waals surface area contributed by atoms with E-state index in [4.69, 9.17) is 4.99 Å². The second-order valence-electron chi connectivity index (χ2n) is 8.67. The van der Waals surface area contributed by atoms with Crippen LogP contribution in [0.4, 0.5) is 18.9 Å². The van der Waals surface area contributed by atoms with Crippen LogP contribution < -0.4 is 10.6 Å². The van der Waals surface area contributed by atoms with Crippen LogP contribution in [0.3, 0.4) is 0 Å². The summed E-state index contributed by atoms with van der Waals surface area (Å²) in [6.07, 6.45) is 4.87. The third kappa shape index (κ3) is 6.86. The van der Waals surface area contributed by atoms with Gasteiger partial charge in [0.1, 0.15) is 5.82 Å². The highest BCUT2D eigenvalue weighted by atomic mass is 19.4. The van der Waals surface area contributed by atoms with Gasteiger partial charge in [0, 0.05) is 16.8 Å². The first-order valence-electron chi connectivity index (χ1n) is 11.9. The Hall–Kier alpha value is -4.43. The standard InChI is InChI=1S/C30H26F3N3O2/c1-20(34-28-12-4-2-3-11-27(36-28)22-15-13-21(19-37)14-16-22)23-7-6-10-26(18-23)35-29(38)24-8-5-9-25(17-24)30(31,32)33/h2-18,20,37H,19H2,1H3,(H,34,36)(H,35,38)/t20-/m0/s1. The molecule has 194 valence electrons. The van der Waals surface area contributed by atoms with Crippen molar-refractivity contribution in [3.8, 4) is 0 Å². The number of nitrogens with one attached hydrogen (secondary N) is 2. The second kappa shape index (κ2) is 11.7. The van der Waals surface area contributed by atoms with E-state index in [1.165, 1.54) is 12.1 Å². The molecule has 0 fully saturated rings. The van der Waals surface area contributed by atoms with Crippen molar-refractivity contribution in [2.45, 2.75) is 25.7 Å². The van der Waals surface area contributed by atoms with Gasteiger partial charge in [0.2, 0.25) is 0 Å². The lowest BCUT2D eigenvalue weighted by Crippen LogP contribution is -2.19. The van der Waals surface area contributed by atoms with E-state index in [0.717, 1.165) is 34.5 Å². The maximum Gasteiger partial charge on any atom is 0.416 e. The van der Waals surface area contributed by atoms with Gasteiger partial charge in [-0.25, -0.2) is 4.99 Å². The fourth-order valence-corrected chi connectivity index (χ4v) is 3.81. The van der Waals surface area contributed by atoms with Crippen molar-refractivity contribution >= 4 is 17.3 Å². The van der Waals surface area contributed by atoms with E-state index < -0.39 is 17.6 Å². The molecule has 38 heavy (non-hydrogen) atoms. The van der Waals surface area contributed by atoms with Crippen molar-refractivity contribution in [1.82, 2.24) is 5.32 Å². The van der Waals surface area contributed by atoms with Crippen LogP contribution >= 0.6 is 0 Å². The summed E-state index contributed by atoms with van der Waals surface area (Å²) in [4.78, 5) is 17.4. The first-order valence-corrected chi connectivity index (χ1v) is 11.9. The molecule has 1 aliphatic heterocycles. The molecule has 3 aromatic rings. The predicted molar refractivity (Wildman–Crippen MR) is 143 cm³/mol. The number of aliphatic hydroxyl groups is 1. The van der Waals surface area contributed by atoms with Gasteiger partial charge in [0.15, 0.2) is 0 Å². The van der Waals surface area contributed by atoms with Crippen LogP contribution in [0, 0.1) is 0 Å². The summed E-state index contributed by atoms with van der Waals surface area (Å²) in [7, 11) is 0. The Morgan fingerprint density at radius 2 is 1.74 bits per heavy atom. The summed E-state index contributed by atoms with van der Waals surface area (Å²) in [5, 5.41) is 15.3. The predicted octanol–water partition coefficient (Wildman–Crippen LogP) is 6.56. The summed E-state index contributed by atoms with van der Waals surface area (Å²) in [6.45, 7) is 1.91. The molecule has 0 saturated carbocycles. The number of aliphatic hydroxyl groups excluding tert-OH is 1. The fourth-order valence-electron chi connectivity index (χ4n) is 3.81. The first-order chi connectivity index (χ1) is 18.2. The average molecular weight is 518 g/mol. The molecule has 0 saturated heterocycles. The van der Waals surface area contributed by atoms with Crippen molar-refractivity contribution < 1.29 is 23.1 Å². The van der Waals surface area contributed by atoms with Gasteiger partial charge in [-0.15, -0.1) is 0 Å². The third-order valence-corrected chi connectivity index (χ3v) is 5.86. The van der Waals surface area contributed by atoms with Crippen LogP contribution in [0.25, 0.3) is 0 Å². The number of hydrogen-bond acceptors (Lipinski definition) is 4. The van der Waals surface area contributed by atoms with Crippen molar-refractivity contribution in [3.63, 3.8) is 0 Å². The highest BCUT2D eigenvalue weighted by Gasteiger charge is 2.30. The van der Waals surface area contributed by atoms with Gasteiger partial charge in [-0.05, 0) is 60.5 Å². The van der Waals surface area contributed by atoms with E-state index >= 15 is 0 Å². The number of halogens is 3. The maximum absolute atomic E-state index is 13.0. The van der Waals surface area contributed by atoms with Gasteiger partial charge in [-0.2, -0.15) is 13.2 Å². The largest absolute Gasteiger partial charge is 0.416 e. The Kier molecular flexibility index (Phi) is 8.23. The first kappa shape index (κ1) is 26.6. The number of hydrogen-bond donors (Lipinski definition) is 3. The third-order valence-electron chi connectivity index (χ3n) is 5.86. The minimum Gasteiger partial charge on any atom is -0.392 e. The molecule has 3 aromatic carbocycles. The molecule has 1 heterocycles. The van der Waals surface area contributed by atoms with Crippen molar-refractivity contribution in [1.29, 1.82) is 0 Å². The zero-order valence-electron chi connectivity index (χ0n) is 20.5. The van der Waals surface area contributed by atoms with Crippen LogP contribution in [0.2, 0.25) is 0 Å². The van der Waals surface area contributed by atoms with E-state index in [-0.39, 0.29) is 18.2 Å². The minimum absolute atomic E-state index is 0.0327. The molecule has 0 bridgehead atoms. The molecular weight excluding hydrogens is 491 g/mol. The van der Waals surface area contributed by atoms with E-state index in [1.54, 1.807) is 18.2 Å². The second-order valence-corrected chi connectivity index (χ2v) is 8.67. The van der Waals surface area contributed by atoms with Crippen molar-refractivity contribution in [3.05, 3.63) is 137 Å². The molecule has 4 rings (SSSR count). The lowest BCUT2D eigenvalue weighted by molar-refractivity contribution is -0.137. The number of allylic oxidation sites excluding steroid dienone is 5. The summed E-state index contributed by atoms with van der Waals surface area (Å²) in [6, 6.07) is 18.7. The summed E-state index contributed by atoms with van der Waals surface area (Å²) in [5.74, 6) is -0.00675.